The zero-order valence-electron chi connectivity index (χ0n) is 44.2. The van der Waals surface area contributed by atoms with E-state index in [-0.39, 0.29) is 61.6 Å². The summed E-state index contributed by atoms with van der Waals surface area (Å²) in [6, 6.07) is 21.7. The number of piperidine rings is 1. The van der Waals surface area contributed by atoms with E-state index in [2.05, 4.69) is 21.3 Å². The summed E-state index contributed by atoms with van der Waals surface area (Å²) in [6.45, 7) is 10.1. The molecular formula is C56H77N7O11. The first-order valence-corrected chi connectivity index (χ1v) is 26.1. The number of rotatable bonds is 24. The molecule has 6 rings (SSSR count). The number of methoxy groups -OCH3 is 2. The molecule has 3 unspecified atom stereocenters. The average molecular weight is 1020 g/mol. The lowest BCUT2D eigenvalue weighted by Crippen LogP contribution is -2.60. The number of nitrogens with zero attached hydrogens (tertiary/aromatic N) is 3. The number of carbonyl (C=O) groups is 7. The number of amides is 7. The van der Waals surface area contributed by atoms with Crippen molar-refractivity contribution in [3.8, 4) is 0 Å². The molecule has 1 aliphatic carbocycles. The van der Waals surface area contributed by atoms with Gasteiger partial charge in [0.2, 0.25) is 29.5 Å². The molecule has 3 aromatic carbocycles. The molecule has 3 aliphatic rings. The standard InChI is InChI=1S/C56H77N7O11/c1-9-35(4)48(61(6)54(68)47(34(2)3)60-53(67)49-40-24-27-42(30-40)63(49)56(70)71)45(72-7)31-46(64)62-28-16-21-44(62)50(73-8)36(5)51(65)59-43(29-37-17-12-10-13-18-37)52(66)58-41-25-22-38(23-26-41)32-57-55(69)74-33-39-19-14-11-15-20-39/h10-15,17-20,22-23,25-26,34-36,40,42-45,47-50H,9,16,21,24,27-33H2,1-8H3,(H,57,69)(H,58,66)(H,59,65)(H,60,67)(H,70,71)/t35-,36+,40?,42?,43-,44-,45+,47-,48-,49?,50+/m0/s1. The Morgan fingerprint density at radius 3 is 2.07 bits per heavy atom. The topological polar surface area (TPSA) is 225 Å². The van der Waals surface area contributed by atoms with Crippen molar-refractivity contribution in [2.45, 2.75) is 148 Å². The van der Waals surface area contributed by atoms with E-state index in [0.29, 0.717) is 37.9 Å². The van der Waals surface area contributed by atoms with E-state index in [1.807, 2.05) is 88.4 Å². The number of anilines is 1. The molecule has 0 aromatic heterocycles. The average Bonchev–Trinajstić information content (AvgIpc) is 4.18. The van der Waals surface area contributed by atoms with Crippen molar-refractivity contribution < 1.29 is 52.9 Å². The fourth-order valence-corrected chi connectivity index (χ4v) is 11.1. The molecule has 0 radical (unpaired) electrons. The number of carbonyl (C=O) groups excluding carboxylic acids is 6. The summed E-state index contributed by atoms with van der Waals surface area (Å²) in [5.41, 5.74) is 2.98. The Labute approximate surface area is 435 Å². The molecule has 3 fully saturated rings. The third-order valence-corrected chi connectivity index (χ3v) is 15.4. The number of benzene rings is 3. The minimum absolute atomic E-state index is 0.0772. The van der Waals surface area contributed by atoms with Crippen LogP contribution in [0.15, 0.2) is 84.9 Å². The molecule has 1 saturated carbocycles. The maximum atomic E-state index is 14.5. The summed E-state index contributed by atoms with van der Waals surface area (Å²) in [5.74, 6) is -3.29. The van der Waals surface area contributed by atoms with E-state index in [9.17, 15) is 38.7 Å². The first-order chi connectivity index (χ1) is 35.4. The van der Waals surface area contributed by atoms with E-state index in [1.165, 1.54) is 19.1 Å². The maximum absolute atomic E-state index is 14.5. The molecule has 11 atom stereocenters. The van der Waals surface area contributed by atoms with Crippen LogP contribution < -0.4 is 21.3 Å². The van der Waals surface area contributed by atoms with Crippen LogP contribution in [0.2, 0.25) is 0 Å². The second-order valence-electron chi connectivity index (χ2n) is 20.5. The molecule has 2 saturated heterocycles. The highest BCUT2D eigenvalue weighted by atomic mass is 16.5. The molecule has 3 aromatic rings. The molecule has 2 aliphatic heterocycles. The molecule has 2 bridgehead atoms. The summed E-state index contributed by atoms with van der Waals surface area (Å²) in [5, 5.41) is 21.6. The number of fused-ring (bicyclic) bond motifs is 2. The van der Waals surface area contributed by atoms with Gasteiger partial charge in [0.25, 0.3) is 0 Å². The van der Waals surface area contributed by atoms with Gasteiger partial charge in [-0.25, -0.2) is 9.59 Å². The Morgan fingerprint density at radius 2 is 1.46 bits per heavy atom. The summed E-state index contributed by atoms with van der Waals surface area (Å²) < 4.78 is 17.4. The molecule has 5 N–H and O–H groups in total. The first kappa shape index (κ1) is 56.8. The summed E-state index contributed by atoms with van der Waals surface area (Å²) in [4.78, 5) is 100. The van der Waals surface area contributed by atoms with Crippen LogP contribution in [-0.4, -0.2) is 138 Å². The lowest BCUT2D eigenvalue weighted by molar-refractivity contribution is -0.148. The van der Waals surface area contributed by atoms with E-state index in [0.717, 1.165) is 29.5 Å². The number of likely N-dealkylation sites (tertiary alicyclic amines) is 2. The molecule has 7 amide bonds. The van der Waals surface area contributed by atoms with Gasteiger partial charge in [-0.2, -0.15) is 0 Å². The van der Waals surface area contributed by atoms with Gasteiger partial charge in [0.05, 0.1) is 36.6 Å². The third-order valence-electron chi connectivity index (χ3n) is 15.4. The van der Waals surface area contributed by atoms with Gasteiger partial charge < -0.3 is 50.4 Å². The fraction of sp³-hybridized carbons (Fsp3) is 0.554. The van der Waals surface area contributed by atoms with Gasteiger partial charge in [0, 0.05) is 52.5 Å². The zero-order chi connectivity index (χ0) is 53.6. The van der Waals surface area contributed by atoms with Crippen LogP contribution in [0.25, 0.3) is 0 Å². The molecule has 402 valence electrons. The van der Waals surface area contributed by atoms with Gasteiger partial charge in [0.1, 0.15) is 24.7 Å². The number of hydrogen-bond acceptors (Lipinski definition) is 10. The Morgan fingerprint density at radius 1 is 0.797 bits per heavy atom. The normalized spacial score (nSPS) is 20.9. The second kappa shape index (κ2) is 26.6. The Balaban J connectivity index is 1.09. The SMILES string of the molecule is CC[C@H](C)[C@@H]([C@@H](CC(=O)N1CCC[C@H]1[C@H](OC)[C@@H](C)C(=O)N[C@@H](Cc1ccccc1)C(=O)Nc1ccc(CNC(=O)OCc2ccccc2)cc1)OC)N(C)C(=O)[C@@H](NC(=O)C1C2CCC(C2)N1C(=O)O)C(C)C. The minimum Gasteiger partial charge on any atom is -0.465 e. The smallest absolute Gasteiger partial charge is 0.408 e. The monoisotopic (exact) mass is 1020 g/mol. The number of ether oxygens (including phenoxy) is 3. The first-order valence-electron chi connectivity index (χ1n) is 26.1. The number of likely N-dealkylation sites (N-methyl/N-ethyl adjacent to an activating group) is 1. The molecule has 74 heavy (non-hydrogen) atoms. The van der Waals surface area contributed by atoms with Crippen LogP contribution in [0.5, 0.6) is 0 Å². The minimum atomic E-state index is -1.14. The largest absolute Gasteiger partial charge is 0.465 e. The van der Waals surface area contributed by atoms with E-state index in [4.69, 9.17) is 14.2 Å². The van der Waals surface area contributed by atoms with Crippen molar-refractivity contribution in [1.29, 1.82) is 0 Å². The highest BCUT2D eigenvalue weighted by Gasteiger charge is 2.52. The fourth-order valence-electron chi connectivity index (χ4n) is 11.1. The molecule has 18 nitrogen and oxygen atoms in total. The van der Waals surface area contributed by atoms with Gasteiger partial charge in [0.15, 0.2) is 0 Å². The van der Waals surface area contributed by atoms with Crippen LogP contribution in [0.4, 0.5) is 15.3 Å². The molecule has 18 heteroatoms. The van der Waals surface area contributed by atoms with Crippen LogP contribution in [0.3, 0.4) is 0 Å². The molecular weight excluding hydrogens is 947 g/mol. The molecule has 2 heterocycles. The van der Waals surface area contributed by atoms with Gasteiger partial charge in [-0.05, 0) is 78.7 Å². The van der Waals surface area contributed by atoms with Gasteiger partial charge in [-0.15, -0.1) is 0 Å². The lowest BCUT2D eigenvalue weighted by Gasteiger charge is -2.41. The van der Waals surface area contributed by atoms with E-state index in [1.54, 1.807) is 48.0 Å². The van der Waals surface area contributed by atoms with Crippen LogP contribution in [0.1, 0.15) is 96.3 Å². The van der Waals surface area contributed by atoms with Crippen molar-refractivity contribution in [2.24, 2.45) is 23.7 Å². The Hall–Kier alpha value is -6.53. The Kier molecular flexibility index (Phi) is 20.4. The quantitative estimate of drug-likeness (QED) is 0.0663. The van der Waals surface area contributed by atoms with Crippen molar-refractivity contribution in [1.82, 2.24) is 30.7 Å². The number of carboxylic acid groups (broad SMARTS) is 1. The van der Waals surface area contributed by atoms with Crippen LogP contribution >= 0.6 is 0 Å². The summed E-state index contributed by atoms with van der Waals surface area (Å²) >= 11 is 0. The summed E-state index contributed by atoms with van der Waals surface area (Å²) in [6.07, 6.45) is 0.934. The van der Waals surface area contributed by atoms with Crippen molar-refractivity contribution in [2.75, 3.05) is 33.1 Å². The van der Waals surface area contributed by atoms with Crippen molar-refractivity contribution in [3.05, 3.63) is 102 Å². The zero-order valence-corrected chi connectivity index (χ0v) is 44.2. The third kappa shape index (κ3) is 14.2. The van der Waals surface area contributed by atoms with E-state index >= 15 is 0 Å². The maximum Gasteiger partial charge on any atom is 0.408 e. The highest BCUT2D eigenvalue weighted by molar-refractivity contribution is 5.98. The van der Waals surface area contributed by atoms with Gasteiger partial charge in [-0.1, -0.05) is 114 Å². The predicted octanol–water partition coefficient (Wildman–Crippen LogP) is 6.37. The van der Waals surface area contributed by atoms with Gasteiger partial charge in [-0.3, -0.25) is 28.9 Å². The van der Waals surface area contributed by atoms with Gasteiger partial charge >= 0.3 is 12.2 Å². The summed E-state index contributed by atoms with van der Waals surface area (Å²) in [7, 11) is 4.68. The second-order valence-corrected chi connectivity index (χ2v) is 20.5. The Bertz CT molecular complexity index is 2370. The van der Waals surface area contributed by atoms with Crippen LogP contribution in [-0.2, 0) is 57.8 Å². The van der Waals surface area contributed by atoms with Crippen molar-refractivity contribution >= 4 is 47.4 Å². The number of hydrogen-bond donors (Lipinski definition) is 5. The van der Waals surface area contributed by atoms with Crippen molar-refractivity contribution in [3.63, 3.8) is 0 Å². The predicted molar refractivity (Wildman–Crippen MR) is 278 cm³/mol. The highest BCUT2D eigenvalue weighted by Crippen LogP contribution is 2.42. The molecule has 0 spiro atoms. The van der Waals surface area contributed by atoms with E-state index < -0.39 is 78.2 Å². The number of alkyl carbamates (subject to hydrolysis) is 1. The van der Waals surface area contributed by atoms with Crippen LogP contribution in [0, 0.1) is 23.7 Å². The number of nitrogens with one attached hydrogen (secondary N) is 4. The lowest BCUT2D eigenvalue weighted by atomic mass is 9.89.